The van der Waals surface area contributed by atoms with Gasteiger partial charge in [0.1, 0.15) is 0 Å². The Hall–Kier alpha value is -3.08. The highest BCUT2D eigenvalue weighted by atomic mass is 16.1. The maximum atomic E-state index is 12.5. The number of primary amides is 1. The van der Waals surface area contributed by atoms with Crippen LogP contribution in [-0.2, 0) is 4.79 Å². The Kier molecular flexibility index (Phi) is 6.70. The summed E-state index contributed by atoms with van der Waals surface area (Å²) in [6.07, 6.45) is 6.77. The quantitative estimate of drug-likeness (QED) is 0.709. The van der Waals surface area contributed by atoms with Crippen molar-refractivity contribution in [3.05, 3.63) is 65.2 Å². The smallest absolute Gasteiger partial charge is 0.248 e. The van der Waals surface area contributed by atoms with E-state index in [4.69, 9.17) is 5.73 Å². The summed E-state index contributed by atoms with van der Waals surface area (Å²) in [5.74, 6) is -0.272. The molecule has 1 aliphatic rings. The molecule has 3 rings (SSSR count). The lowest BCUT2D eigenvalue weighted by Gasteiger charge is -2.30. The second-order valence-electron chi connectivity index (χ2n) is 7.79. The Morgan fingerprint density at radius 3 is 2.34 bits per heavy atom. The zero-order chi connectivity index (χ0) is 20.8. The number of benzene rings is 2. The Morgan fingerprint density at radius 1 is 1.03 bits per heavy atom. The Labute approximate surface area is 172 Å². The van der Waals surface area contributed by atoms with Gasteiger partial charge in [-0.3, -0.25) is 9.59 Å². The van der Waals surface area contributed by atoms with Crippen LogP contribution in [0.3, 0.4) is 0 Å². The molecule has 0 radical (unpaired) electrons. The fourth-order valence-electron chi connectivity index (χ4n) is 3.54. The summed E-state index contributed by atoms with van der Waals surface area (Å²) in [6, 6.07) is 13.4. The van der Waals surface area contributed by atoms with Gasteiger partial charge in [-0.05, 0) is 60.6 Å². The minimum Gasteiger partial charge on any atom is -0.370 e. The third-order valence-electron chi connectivity index (χ3n) is 5.27. The summed E-state index contributed by atoms with van der Waals surface area (Å²) < 4.78 is 0. The first-order valence-electron chi connectivity index (χ1n) is 10.2. The molecule has 0 unspecified atom stereocenters. The van der Waals surface area contributed by atoms with Crippen molar-refractivity contribution in [3.63, 3.8) is 0 Å². The number of hydrogen-bond donors (Lipinski definition) is 2. The molecule has 5 nitrogen and oxygen atoms in total. The van der Waals surface area contributed by atoms with Gasteiger partial charge in [0.2, 0.25) is 11.8 Å². The molecule has 152 valence electrons. The van der Waals surface area contributed by atoms with Gasteiger partial charge in [-0.15, -0.1) is 0 Å². The molecule has 0 saturated carbocycles. The summed E-state index contributed by atoms with van der Waals surface area (Å²) >= 11 is 0. The first-order valence-corrected chi connectivity index (χ1v) is 10.2. The highest BCUT2D eigenvalue weighted by Gasteiger charge is 2.17. The van der Waals surface area contributed by atoms with Crippen molar-refractivity contribution in [2.45, 2.75) is 39.0 Å². The number of carbonyl (C=O) groups excluding carboxylic acids is 2. The molecular weight excluding hydrogens is 362 g/mol. The summed E-state index contributed by atoms with van der Waals surface area (Å²) in [7, 11) is 0. The molecule has 29 heavy (non-hydrogen) atoms. The van der Waals surface area contributed by atoms with Crippen molar-refractivity contribution in [3.8, 4) is 0 Å². The third-order valence-corrected chi connectivity index (χ3v) is 5.27. The minimum atomic E-state index is -0.508. The van der Waals surface area contributed by atoms with E-state index in [-0.39, 0.29) is 5.91 Å². The molecule has 2 aromatic rings. The number of hydrogen-bond acceptors (Lipinski definition) is 3. The van der Waals surface area contributed by atoms with Gasteiger partial charge in [-0.1, -0.05) is 38.1 Å². The molecule has 1 fully saturated rings. The Morgan fingerprint density at radius 2 is 1.72 bits per heavy atom. The zero-order valence-electron chi connectivity index (χ0n) is 17.2. The molecule has 2 amide bonds. The van der Waals surface area contributed by atoms with Crippen LogP contribution in [0.25, 0.3) is 6.08 Å². The first-order chi connectivity index (χ1) is 13.9. The fraction of sp³-hybridized carbons (Fsp3) is 0.333. The summed E-state index contributed by atoms with van der Waals surface area (Å²) in [5.41, 5.74) is 9.59. The molecule has 3 N–H and O–H groups in total. The van der Waals surface area contributed by atoms with Crippen molar-refractivity contribution >= 4 is 29.3 Å². The average molecular weight is 392 g/mol. The van der Waals surface area contributed by atoms with Crippen molar-refractivity contribution in [1.82, 2.24) is 0 Å². The SMILES string of the molecule is CC(C)c1ccc(C=CC(=O)Nc2cc(C(N)=O)ccc2N2CCCCC2)cc1. The molecule has 2 aromatic carbocycles. The number of amides is 2. The molecule has 1 aliphatic heterocycles. The lowest BCUT2D eigenvalue weighted by Crippen LogP contribution is -2.30. The van der Waals surface area contributed by atoms with Crippen LogP contribution in [0, 0.1) is 0 Å². The Balaban J connectivity index is 1.77. The van der Waals surface area contributed by atoms with E-state index >= 15 is 0 Å². The van der Waals surface area contributed by atoms with Crippen LogP contribution in [0.2, 0.25) is 0 Å². The molecular formula is C24H29N3O2. The normalized spacial score (nSPS) is 14.4. The van der Waals surface area contributed by atoms with Gasteiger partial charge < -0.3 is 16.0 Å². The van der Waals surface area contributed by atoms with Gasteiger partial charge in [-0.25, -0.2) is 0 Å². The fourth-order valence-corrected chi connectivity index (χ4v) is 3.54. The van der Waals surface area contributed by atoms with Gasteiger partial charge in [0.15, 0.2) is 0 Å². The van der Waals surface area contributed by atoms with E-state index in [1.807, 2.05) is 18.2 Å². The van der Waals surface area contributed by atoms with Gasteiger partial charge in [0.25, 0.3) is 0 Å². The van der Waals surface area contributed by atoms with Crippen LogP contribution < -0.4 is 16.0 Å². The molecule has 1 saturated heterocycles. The van der Waals surface area contributed by atoms with Gasteiger partial charge >= 0.3 is 0 Å². The van der Waals surface area contributed by atoms with Crippen LogP contribution >= 0.6 is 0 Å². The topological polar surface area (TPSA) is 75.4 Å². The van der Waals surface area contributed by atoms with Crippen LogP contribution in [-0.4, -0.2) is 24.9 Å². The number of nitrogens with one attached hydrogen (secondary N) is 1. The maximum absolute atomic E-state index is 12.5. The minimum absolute atomic E-state index is 0.238. The summed E-state index contributed by atoms with van der Waals surface area (Å²) in [5, 5.41) is 2.93. The lowest BCUT2D eigenvalue weighted by atomic mass is 10.0. The van der Waals surface area contributed by atoms with Crippen LogP contribution in [0.5, 0.6) is 0 Å². The number of piperidine rings is 1. The van der Waals surface area contributed by atoms with Gasteiger partial charge in [0, 0.05) is 24.7 Å². The van der Waals surface area contributed by atoms with E-state index in [0.717, 1.165) is 37.2 Å². The number of carbonyl (C=O) groups is 2. The summed E-state index contributed by atoms with van der Waals surface area (Å²) in [6.45, 7) is 6.19. The predicted octanol–water partition coefficient (Wildman–Crippen LogP) is 4.55. The van der Waals surface area contributed by atoms with Crippen LogP contribution in [0.1, 0.15) is 60.5 Å². The maximum Gasteiger partial charge on any atom is 0.248 e. The molecule has 1 heterocycles. The van der Waals surface area contributed by atoms with E-state index in [2.05, 4.69) is 36.2 Å². The molecule has 0 bridgehead atoms. The first kappa shape index (κ1) is 20.6. The molecule has 0 atom stereocenters. The van der Waals surface area contributed by atoms with E-state index in [1.54, 1.807) is 18.2 Å². The zero-order valence-corrected chi connectivity index (χ0v) is 17.2. The Bertz CT molecular complexity index is 895. The van der Waals surface area contributed by atoms with Crippen LogP contribution in [0.4, 0.5) is 11.4 Å². The molecule has 0 aliphatic carbocycles. The molecule has 0 spiro atoms. The number of rotatable bonds is 6. The number of anilines is 2. The van der Waals surface area contributed by atoms with Crippen LogP contribution in [0.15, 0.2) is 48.5 Å². The van der Waals surface area contributed by atoms with Gasteiger partial charge in [-0.2, -0.15) is 0 Å². The number of nitrogens with two attached hydrogens (primary N) is 1. The highest BCUT2D eigenvalue weighted by molar-refractivity contribution is 6.05. The van der Waals surface area contributed by atoms with Crippen molar-refractivity contribution < 1.29 is 9.59 Å². The van der Waals surface area contributed by atoms with E-state index in [0.29, 0.717) is 17.2 Å². The second kappa shape index (κ2) is 9.41. The second-order valence-corrected chi connectivity index (χ2v) is 7.79. The van der Waals surface area contributed by atoms with Crippen molar-refractivity contribution in [1.29, 1.82) is 0 Å². The molecule has 5 heteroatoms. The van der Waals surface area contributed by atoms with E-state index < -0.39 is 5.91 Å². The number of nitrogens with zero attached hydrogens (tertiary/aromatic N) is 1. The standard InChI is InChI=1S/C24H29N3O2/c1-17(2)19-9-6-18(7-10-19)8-13-23(28)26-21-16-20(24(25)29)11-12-22(21)27-14-4-3-5-15-27/h6-13,16-17H,3-5,14-15H2,1-2H3,(H2,25,29)(H,26,28). The lowest BCUT2D eigenvalue weighted by molar-refractivity contribution is -0.111. The largest absolute Gasteiger partial charge is 0.370 e. The highest BCUT2D eigenvalue weighted by Crippen LogP contribution is 2.30. The predicted molar refractivity (Wildman–Crippen MR) is 119 cm³/mol. The van der Waals surface area contributed by atoms with Crippen molar-refractivity contribution in [2.24, 2.45) is 5.73 Å². The van der Waals surface area contributed by atoms with E-state index in [1.165, 1.54) is 18.1 Å². The van der Waals surface area contributed by atoms with Crippen molar-refractivity contribution in [2.75, 3.05) is 23.3 Å². The summed E-state index contributed by atoms with van der Waals surface area (Å²) in [4.78, 5) is 26.4. The molecule has 0 aromatic heterocycles. The van der Waals surface area contributed by atoms with Gasteiger partial charge in [0.05, 0.1) is 11.4 Å². The van der Waals surface area contributed by atoms with E-state index in [9.17, 15) is 9.59 Å². The average Bonchev–Trinajstić information content (AvgIpc) is 2.73. The third kappa shape index (κ3) is 5.47. The monoisotopic (exact) mass is 391 g/mol.